The Morgan fingerprint density at radius 1 is 1.15 bits per heavy atom. The monoisotopic (exact) mass is 380 g/mol. The van der Waals surface area contributed by atoms with Gasteiger partial charge in [0.25, 0.3) is 0 Å². The fraction of sp³-hybridized carbons (Fsp3) is 0.167. The number of hydrogen-bond donors (Lipinski definition) is 1. The Bertz CT molecular complexity index is 920. The third-order valence-corrected chi connectivity index (χ3v) is 4.63. The van der Waals surface area contributed by atoms with Crippen LogP contribution >= 0.6 is 11.8 Å². The van der Waals surface area contributed by atoms with E-state index in [-0.39, 0.29) is 17.4 Å². The Morgan fingerprint density at radius 2 is 1.85 bits per heavy atom. The molecule has 0 bridgehead atoms. The van der Waals surface area contributed by atoms with Gasteiger partial charge in [-0.3, -0.25) is 4.79 Å². The van der Waals surface area contributed by atoms with E-state index >= 15 is 0 Å². The van der Waals surface area contributed by atoms with E-state index in [1.165, 1.54) is 23.9 Å². The van der Waals surface area contributed by atoms with Gasteiger partial charge in [0, 0.05) is 34.7 Å². The summed E-state index contributed by atoms with van der Waals surface area (Å²) in [7, 11) is 1.94. The minimum absolute atomic E-state index is 0.189. The van der Waals surface area contributed by atoms with E-state index in [0.717, 1.165) is 27.9 Å². The molecule has 1 N–H and O–H groups in total. The van der Waals surface area contributed by atoms with Crippen LogP contribution < -0.4 is 10.1 Å². The van der Waals surface area contributed by atoms with Crippen LogP contribution in [0.3, 0.4) is 0 Å². The lowest BCUT2D eigenvalue weighted by Gasteiger charge is -2.09. The highest BCUT2D eigenvalue weighted by molar-refractivity contribution is 8.00. The number of amides is 1. The van der Waals surface area contributed by atoms with Crippen molar-refractivity contribution in [2.75, 3.05) is 11.1 Å². The Morgan fingerprint density at radius 3 is 2.54 bits per heavy atom. The summed E-state index contributed by atoms with van der Waals surface area (Å²) in [4.78, 5) is 13.1. The molecule has 0 aliphatic rings. The lowest BCUT2D eigenvalue weighted by atomic mass is 10.2. The topological polar surface area (TPSA) is 43.3 Å². The Kier molecular flexibility index (Phi) is 5.13. The van der Waals surface area contributed by atoms with Crippen molar-refractivity contribution >= 4 is 34.3 Å². The van der Waals surface area contributed by atoms with Gasteiger partial charge in [-0.05, 0) is 30.3 Å². The molecule has 0 saturated heterocycles. The second-order valence-electron chi connectivity index (χ2n) is 5.53. The minimum Gasteiger partial charge on any atom is -0.406 e. The molecule has 8 heteroatoms. The van der Waals surface area contributed by atoms with Gasteiger partial charge in [0.15, 0.2) is 0 Å². The number of carbonyl (C=O) groups excluding carboxylic acids is 1. The largest absolute Gasteiger partial charge is 0.573 e. The number of halogens is 3. The van der Waals surface area contributed by atoms with Crippen LogP contribution in [0.1, 0.15) is 0 Å². The molecule has 3 rings (SSSR count). The van der Waals surface area contributed by atoms with Crippen molar-refractivity contribution in [1.82, 2.24) is 4.57 Å². The van der Waals surface area contributed by atoms with Gasteiger partial charge in [0.2, 0.25) is 5.91 Å². The van der Waals surface area contributed by atoms with Crippen molar-refractivity contribution in [3.8, 4) is 5.75 Å². The number of thioether (sulfide) groups is 1. The first-order chi connectivity index (χ1) is 12.3. The zero-order valence-electron chi connectivity index (χ0n) is 13.7. The van der Waals surface area contributed by atoms with Crippen LogP contribution in [-0.4, -0.2) is 22.6 Å². The second kappa shape index (κ2) is 7.33. The molecule has 0 unspecified atom stereocenters. The molecule has 0 atom stereocenters. The third-order valence-electron chi connectivity index (χ3n) is 3.59. The van der Waals surface area contributed by atoms with Gasteiger partial charge in [0.1, 0.15) is 5.75 Å². The minimum atomic E-state index is -4.74. The summed E-state index contributed by atoms with van der Waals surface area (Å²) in [5.74, 6) is -0.387. The number of carbonyl (C=O) groups is 1. The third kappa shape index (κ3) is 4.51. The average Bonchev–Trinajstić information content (AvgIpc) is 2.90. The summed E-state index contributed by atoms with van der Waals surface area (Å²) < 4.78 is 42.2. The van der Waals surface area contributed by atoms with Crippen LogP contribution in [-0.2, 0) is 11.8 Å². The Hall–Kier alpha value is -2.61. The van der Waals surface area contributed by atoms with Crippen LogP contribution in [0.25, 0.3) is 10.9 Å². The standard InChI is InChI=1S/C18H15F3N2O2S/c1-23-10-16(14-4-2-3-5-15(14)23)26-11-17(24)22-12-6-8-13(9-7-12)25-18(19,20)21/h2-10H,11H2,1H3,(H,22,24). The maximum atomic E-state index is 12.1. The highest BCUT2D eigenvalue weighted by Gasteiger charge is 2.30. The number of hydrogen-bond acceptors (Lipinski definition) is 3. The average molecular weight is 380 g/mol. The predicted molar refractivity (Wildman–Crippen MR) is 95.4 cm³/mol. The van der Waals surface area contributed by atoms with E-state index in [1.54, 1.807) is 0 Å². The van der Waals surface area contributed by atoms with Crippen LogP contribution in [0.4, 0.5) is 18.9 Å². The molecule has 0 fully saturated rings. The summed E-state index contributed by atoms with van der Waals surface area (Å²) in [6, 6.07) is 12.9. The van der Waals surface area contributed by atoms with Gasteiger partial charge < -0.3 is 14.6 Å². The predicted octanol–water partition coefficient (Wildman–Crippen LogP) is 4.81. The molecule has 3 aromatic rings. The lowest BCUT2D eigenvalue weighted by molar-refractivity contribution is -0.274. The number of benzene rings is 2. The maximum absolute atomic E-state index is 12.1. The maximum Gasteiger partial charge on any atom is 0.573 e. The molecule has 1 heterocycles. The fourth-order valence-corrected chi connectivity index (χ4v) is 3.42. The van der Waals surface area contributed by atoms with Crippen molar-refractivity contribution in [2.45, 2.75) is 11.3 Å². The lowest BCUT2D eigenvalue weighted by Crippen LogP contribution is -2.17. The van der Waals surface area contributed by atoms with Crippen LogP contribution in [0.2, 0.25) is 0 Å². The van der Waals surface area contributed by atoms with Crippen molar-refractivity contribution in [1.29, 1.82) is 0 Å². The number of ether oxygens (including phenoxy) is 1. The summed E-state index contributed by atoms with van der Waals surface area (Å²) in [5, 5.41) is 3.72. The molecule has 0 aliphatic carbocycles. The number of alkyl halides is 3. The Balaban J connectivity index is 1.59. The zero-order chi connectivity index (χ0) is 18.7. The highest BCUT2D eigenvalue weighted by Crippen LogP contribution is 2.29. The molecule has 0 spiro atoms. The normalized spacial score (nSPS) is 11.5. The van der Waals surface area contributed by atoms with Gasteiger partial charge in [-0.25, -0.2) is 0 Å². The Labute approximate surface area is 151 Å². The summed E-state index contributed by atoms with van der Waals surface area (Å²) in [6.45, 7) is 0. The van der Waals surface area contributed by atoms with Crippen molar-refractivity contribution in [3.63, 3.8) is 0 Å². The SMILES string of the molecule is Cn1cc(SCC(=O)Nc2ccc(OC(F)(F)F)cc2)c2ccccc21. The van der Waals surface area contributed by atoms with Crippen LogP contribution in [0.15, 0.2) is 59.6 Å². The van der Waals surface area contributed by atoms with Gasteiger partial charge in [0.05, 0.1) is 5.75 Å². The van der Waals surface area contributed by atoms with E-state index in [2.05, 4.69) is 10.1 Å². The number of aromatic nitrogens is 1. The molecular formula is C18H15F3N2O2S. The molecule has 4 nitrogen and oxygen atoms in total. The van der Waals surface area contributed by atoms with E-state index < -0.39 is 6.36 Å². The first kappa shape index (κ1) is 18.2. The first-order valence-corrected chi connectivity index (χ1v) is 8.63. The molecule has 2 aromatic carbocycles. The number of fused-ring (bicyclic) bond motifs is 1. The number of para-hydroxylation sites is 1. The molecule has 1 aromatic heterocycles. The molecule has 1 amide bonds. The first-order valence-electron chi connectivity index (χ1n) is 7.64. The number of nitrogens with zero attached hydrogens (tertiary/aromatic N) is 1. The van der Waals surface area contributed by atoms with Crippen LogP contribution in [0, 0.1) is 0 Å². The smallest absolute Gasteiger partial charge is 0.406 e. The molecule has 136 valence electrons. The molecular weight excluding hydrogens is 365 g/mol. The summed E-state index contributed by atoms with van der Waals surface area (Å²) >= 11 is 1.40. The van der Waals surface area contributed by atoms with Crippen molar-refractivity contribution in [2.24, 2.45) is 7.05 Å². The van der Waals surface area contributed by atoms with Gasteiger partial charge in [-0.1, -0.05) is 18.2 Å². The van der Waals surface area contributed by atoms with Gasteiger partial charge in [-0.2, -0.15) is 0 Å². The van der Waals surface area contributed by atoms with E-state index in [1.807, 2.05) is 42.1 Å². The molecule has 0 radical (unpaired) electrons. The van der Waals surface area contributed by atoms with E-state index in [4.69, 9.17) is 0 Å². The fourth-order valence-electron chi connectivity index (χ4n) is 2.50. The second-order valence-corrected chi connectivity index (χ2v) is 6.55. The highest BCUT2D eigenvalue weighted by atomic mass is 32.2. The van der Waals surface area contributed by atoms with Gasteiger partial charge >= 0.3 is 6.36 Å². The quantitative estimate of drug-likeness (QED) is 0.646. The van der Waals surface area contributed by atoms with Crippen LogP contribution in [0.5, 0.6) is 5.75 Å². The molecule has 0 aliphatic heterocycles. The summed E-state index contributed by atoms with van der Waals surface area (Å²) in [5.41, 5.74) is 1.48. The van der Waals surface area contributed by atoms with E-state index in [9.17, 15) is 18.0 Å². The zero-order valence-corrected chi connectivity index (χ0v) is 14.5. The number of anilines is 1. The number of nitrogens with one attached hydrogen (secondary N) is 1. The van der Waals surface area contributed by atoms with Gasteiger partial charge in [-0.15, -0.1) is 24.9 Å². The summed E-state index contributed by atoms with van der Waals surface area (Å²) in [6.07, 6.45) is -2.77. The van der Waals surface area contributed by atoms with Crippen molar-refractivity contribution < 1.29 is 22.7 Å². The number of rotatable bonds is 5. The van der Waals surface area contributed by atoms with E-state index in [0.29, 0.717) is 5.69 Å². The molecule has 0 saturated carbocycles. The molecule has 26 heavy (non-hydrogen) atoms. The number of aryl methyl sites for hydroxylation is 1. The van der Waals surface area contributed by atoms with Crippen molar-refractivity contribution in [3.05, 3.63) is 54.7 Å².